The minimum Gasteiger partial charge on any atom is -0.198 e. The second-order valence-corrected chi connectivity index (χ2v) is 4.98. The van der Waals surface area contributed by atoms with Gasteiger partial charge in [-0.25, -0.2) is 0 Å². The van der Waals surface area contributed by atoms with E-state index in [2.05, 4.69) is 26.0 Å². The highest BCUT2D eigenvalue weighted by Gasteiger charge is 2.50. The number of hydrogen-bond donors (Lipinski definition) is 0. The van der Waals surface area contributed by atoms with Crippen LogP contribution in [0.3, 0.4) is 0 Å². The molecule has 1 fully saturated rings. The van der Waals surface area contributed by atoms with Crippen LogP contribution in [0.1, 0.15) is 39.5 Å². The highest BCUT2D eigenvalue weighted by molar-refractivity contribution is 5.23. The minimum atomic E-state index is 0.527. The summed E-state index contributed by atoms with van der Waals surface area (Å²) in [5, 5.41) is 8.55. The molecule has 13 heavy (non-hydrogen) atoms. The molecule has 0 aromatic rings. The van der Waals surface area contributed by atoms with E-state index in [0.717, 1.165) is 18.3 Å². The molecule has 3 aliphatic carbocycles. The normalized spacial score (nSPS) is 34.4. The Morgan fingerprint density at radius 3 is 2.92 bits per heavy atom. The second-order valence-electron chi connectivity index (χ2n) is 4.98. The smallest absolute Gasteiger partial charge is 0.0625 e. The van der Waals surface area contributed by atoms with Gasteiger partial charge in [0.05, 0.1) is 6.07 Å². The molecule has 0 saturated heterocycles. The van der Waals surface area contributed by atoms with Crippen molar-refractivity contribution >= 4 is 0 Å². The van der Waals surface area contributed by atoms with Crippen molar-refractivity contribution in [1.82, 2.24) is 0 Å². The molecule has 70 valence electrons. The maximum Gasteiger partial charge on any atom is 0.0625 e. The quantitative estimate of drug-likeness (QED) is 0.591. The standard InChI is InChI=1S/C12H17N/c1-12(2)10-6-5-9(4-3-7-13)11(12)8-10/h5,10-11H,3-4,6,8H2,1-2H3/t10-,11+/m0/s1. The highest BCUT2D eigenvalue weighted by Crippen LogP contribution is 2.59. The van der Waals surface area contributed by atoms with Gasteiger partial charge < -0.3 is 0 Å². The maximum absolute atomic E-state index is 8.55. The molecule has 1 heteroatoms. The molecule has 3 aliphatic rings. The number of hydrogen-bond acceptors (Lipinski definition) is 1. The predicted molar refractivity (Wildman–Crippen MR) is 52.9 cm³/mol. The molecule has 0 aromatic carbocycles. The Balaban J connectivity index is 2.06. The van der Waals surface area contributed by atoms with Crippen LogP contribution in [0.25, 0.3) is 0 Å². The van der Waals surface area contributed by atoms with Crippen LogP contribution in [0, 0.1) is 28.6 Å². The van der Waals surface area contributed by atoms with Crippen molar-refractivity contribution in [2.75, 3.05) is 0 Å². The topological polar surface area (TPSA) is 23.8 Å². The van der Waals surface area contributed by atoms with Gasteiger partial charge in [-0.1, -0.05) is 25.5 Å². The summed E-state index contributed by atoms with van der Waals surface area (Å²) in [4.78, 5) is 0. The molecule has 0 spiro atoms. The Bertz CT molecular complexity index is 280. The van der Waals surface area contributed by atoms with E-state index >= 15 is 0 Å². The van der Waals surface area contributed by atoms with Crippen LogP contribution in [-0.2, 0) is 0 Å². The molecule has 0 radical (unpaired) electrons. The van der Waals surface area contributed by atoms with Crippen LogP contribution in [0.5, 0.6) is 0 Å². The number of rotatable bonds is 2. The Kier molecular flexibility index (Phi) is 1.95. The van der Waals surface area contributed by atoms with Crippen LogP contribution < -0.4 is 0 Å². The fourth-order valence-electron chi connectivity index (χ4n) is 2.96. The van der Waals surface area contributed by atoms with Crippen LogP contribution >= 0.6 is 0 Å². The molecule has 1 saturated carbocycles. The summed E-state index contributed by atoms with van der Waals surface area (Å²) in [5.74, 6) is 1.71. The lowest BCUT2D eigenvalue weighted by Crippen LogP contribution is -2.47. The number of nitrogens with zero attached hydrogens (tertiary/aromatic N) is 1. The number of fused-ring (bicyclic) bond motifs is 1. The fourth-order valence-corrected chi connectivity index (χ4v) is 2.96. The van der Waals surface area contributed by atoms with Crippen molar-refractivity contribution < 1.29 is 0 Å². The predicted octanol–water partition coefficient (Wildman–Crippen LogP) is 3.28. The zero-order chi connectivity index (χ0) is 9.47. The fraction of sp³-hybridized carbons (Fsp3) is 0.750. The average molecular weight is 175 g/mol. The van der Waals surface area contributed by atoms with Crippen molar-refractivity contribution in [2.45, 2.75) is 39.5 Å². The molecular weight excluding hydrogens is 158 g/mol. The van der Waals surface area contributed by atoms with Gasteiger partial charge in [0.25, 0.3) is 0 Å². The summed E-state index contributed by atoms with van der Waals surface area (Å²) in [6.07, 6.45) is 6.73. The van der Waals surface area contributed by atoms with E-state index in [1.165, 1.54) is 12.8 Å². The number of allylic oxidation sites excluding steroid dienone is 2. The van der Waals surface area contributed by atoms with Gasteiger partial charge in [-0.05, 0) is 36.5 Å². The molecule has 0 aliphatic heterocycles. The van der Waals surface area contributed by atoms with Crippen molar-refractivity contribution in [2.24, 2.45) is 17.3 Å². The largest absolute Gasteiger partial charge is 0.198 e. The molecule has 3 rings (SSSR count). The van der Waals surface area contributed by atoms with Crippen molar-refractivity contribution in [3.8, 4) is 6.07 Å². The first kappa shape index (κ1) is 8.81. The van der Waals surface area contributed by atoms with E-state index in [1.54, 1.807) is 5.57 Å². The van der Waals surface area contributed by atoms with E-state index in [-0.39, 0.29) is 0 Å². The van der Waals surface area contributed by atoms with Gasteiger partial charge in [-0.2, -0.15) is 5.26 Å². The van der Waals surface area contributed by atoms with E-state index < -0.39 is 0 Å². The van der Waals surface area contributed by atoms with Gasteiger partial charge in [-0.15, -0.1) is 0 Å². The Morgan fingerprint density at radius 2 is 2.38 bits per heavy atom. The number of nitriles is 1. The highest BCUT2D eigenvalue weighted by atomic mass is 14.5. The van der Waals surface area contributed by atoms with Gasteiger partial charge in [0.15, 0.2) is 0 Å². The van der Waals surface area contributed by atoms with Gasteiger partial charge in [0.2, 0.25) is 0 Å². The summed E-state index contributed by atoms with van der Waals surface area (Å²) in [5.41, 5.74) is 2.09. The van der Waals surface area contributed by atoms with E-state index in [1.807, 2.05) is 0 Å². The monoisotopic (exact) mass is 175 g/mol. The summed E-state index contributed by atoms with van der Waals surface area (Å²) < 4.78 is 0. The van der Waals surface area contributed by atoms with Gasteiger partial charge in [0.1, 0.15) is 0 Å². The van der Waals surface area contributed by atoms with Crippen LogP contribution in [0.2, 0.25) is 0 Å². The average Bonchev–Trinajstić information content (AvgIpc) is 2.14. The van der Waals surface area contributed by atoms with Gasteiger partial charge >= 0.3 is 0 Å². The van der Waals surface area contributed by atoms with E-state index in [4.69, 9.17) is 5.26 Å². The van der Waals surface area contributed by atoms with Crippen molar-refractivity contribution in [3.63, 3.8) is 0 Å². The van der Waals surface area contributed by atoms with Gasteiger partial charge in [-0.3, -0.25) is 0 Å². The summed E-state index contributed by atoms with van der Waals surface area (Å²) in [6.45, 7) is 4.76. The van der Waals surface area contributed by atoms with Crippen molar-refractivity contribution in [1.29, 1.82) is 5.26 Å². The molecule has 1 nitrogen and oxygen atoms in total. The Hall–Kier alpha value is -0.770. The molecule has 0 unspecified atom stereocenters. The molecule has 0 N–H and O–H groups in total. The maximum atomic E-state index is 8.55. The first-order valence-electron chi connectivity index (χ1n) is 5.22. The first-order valence-corrected chi connectivity index (χ1v) is 5.22. The second kappa shape index (κ2) is 2.87. The third kappa shape index (κ3) is 1.20. The van der Waals surface area contributed by atoms with Gasteiger partial charge in [0, 0.05) is 6.42 Å². The third-order valence-electron chi connectivity index (χ3n) is 4.11. The van der Waals surface area contributed by atoms with Crippen LogP contribution in [-0.4, -0.2) is 0 Å². The van der Waals surface area contributed by atoms with Crippen LogP contribution in [0.4, 0.5) is 0 Å². The van der Waals surface area contributed by atoms with Crippen molar-refractivity contribution in [3.05, 3.63) is 11.6 Å². The molecule has 2 bridgehead atoms. The SMILES string of the molecule is CC1(C)[C@H]2CC=C(CCC#N)[C@H]1C2. The summed E-state index contributed by atoms with van der Waals surface area (Å²) >= 11 is 0. The Morgan fingerprint density at radius 1 is 1.62 bits per heavy atom. The lowest BCUT2D eigenvalue weighted by Gasteiger charge is -2.56. The van der Waals surface area contributed by atoms with Crippen LogP contribution in [0.15, 0.2) is 11.6 Å². The lowest BCUT2D eigenvalue weighted by molar-refractivity contribution is -0.00807. The first-order chi connectivity index (χ1) is 6.16. The molecule has 0 heterocycles. The van der Waals surface area contributed by atoms with E-state index in [9.17, 15) is 0 Å². The lowest BCUT2D eigenvalue weighted by atomic mass is 9.48. The zero-order valence-electron chi connectivity index (χ0n) is 8.51. The summed E-state index contributed by atoms with van der Waals surface area (Å²) in [7, 11) is 0. The minimum absolute atomic E-state index is 0.527. The molecule has 0 aromatic heterocycles. The third-order valence-corrected chi connectivity index (χ3v) is 4.11. The summed E-state index contributed by atoms with van der Waals surface area (Å²) in [6, 6.07) is 2.24. The zero-order valence-corrected chi connectivity index (χ0v) is 8.51. The Labute approximate surface area is 80.4 Å². The molecular formula is C12H17N. The van der Waals surface area contributed by atoms with E-state index in [0.29, 0.717) is 11.8 Å². The molecule has 2 atom stereocenters. The molecule has 0 amide bonds.